The predicted octanol–water partition coefficient (Wildman–Crippen LogP) is 3.40. The van der Waals surface area contributed by atoms with E-state index in [0.29, 0.717) is 35.5 Å². The number of para-hydroxylation sites is 2. The second-order valence-electron chi connectivity index (χ2n) is 7.84. The van der Waals surface area contributed by atoms with Crippen molar-refractivity contribution in [3.63, 3.8) is 0 Å². The van der Waals surface area contributed by atoms with Crippen LogP contribution in [0.3, 0.4) is 0 Å². The molecule has 0 bridgehead atoms. The van der Waals surface area contributed by atoms with Crippen molar-refractivity contribution in [1.29, 1.82) is 5.26 Å². The summed E-state index contributed by atoms with van der Waals surface area (Å²) in [6.45, 7) is 2.69. The third-order valence-electron chi connectivity index (χ3n) is 6.02. The summed E-state index contributed by atoms with van der Waals surface area (Å²) in [7, 11) is 0. The van der Waals surface area contributed by atoms with E-state index >= 15 is 0 Å². The van der Waals surface area contributed by atoms with Crippen LogP contribution in [0, 0.1) is 23.3 Å². The molecule has 2 aliphatic rings. The van der Waals surface area contributed by atoms with Gasteiger partial charge in [-0.05, 0) is 36.2 Å². The minimum Gasteiger partial charge on any atom is -0.457 e. The molecule has 2 heterocycles. The predicted molar refractivity (Wildman–Crippen MR) is 111 cm³/mol. The number of hydrogen-bond donors (Lipinski definition) is 2. The van der Waals surface area contributed by atoms with E-state index in [1.165, 1.54) is 0 Å². The van der Waals surface area contributed by atoms with Crippen molar-refractivity contribution in [2.75, 3.05) is 6.54 Å². The van der Waals surface area contributed by atoms with Crippen LogP contribution in [0.1, 0.15) is 17.4 Å². The summed E-state index contributed by atoms with van der Waals surface area (Å²) in [6, 6.07) is 19.1. The van der Waals surface area contributed by atoms with Crippen molar-refractivity contribution in [2.45, 2.75) is 19.0 Å². The van der Waals surface area contributed by atoms with E-state index in [1.54, 1.807) is 11.0 Å². The van der Waals surface area contributed by atoms with Gasteiger partial charge in [-0.1, -0.05) is 37.3 Å². The highest BCUT2D eigenvalue weighted by molar-refractivity contribution is 5.93. The van der Waals surface area contributed by atoms with Crippen LogP contribution in [0.4, 0.5) is 0 Å². The highest BCUT2D eigenvalue weighted by Crippen LogP contribution is 2.50. The van der Waals surface area contributed by atoms with E-state index in [1.807, 2.05) is 54.6 Å². The summed E-state index contributed by atoms with van der Waals surface area (Å²) in [6.07, 6.45) is 2.23. The number of H-pyrrole nitrogens is 1. The Hall–Kier alpha value is -3.79. The molecule has 1 aliphatic heterocycles. The number of carbonyl (C=O) groups excluding carboxylic acids is 1. The molecular formula is C23H21N5O2. The maximum absolute atomic E-state index is 12.8. The number of nitrogens with one attached hydrogen (secondary N) is 2. The van der Waals surface area contributed by atoms with Gasteiger partial charge in [0.1, 0.15) is 17.2 Å². The van der Waals surface area contributed by atoms with Crippen molar-refractivity contribution in [3.8, 4) is 28.9 Å². The van der Waals surface area contributed by atoms with Gasteiger partial charge in [-0.15, -0.1) is 0 Å². The first-order valence-corrected chi connectivity index (χ1v) is 10.0. The van der Waals surface area contributed by atoms with Crippen LogP contribution in [0.5, 0.6) is 11.5 Å². The highest BCUT2D eigenvalue weighted by Gasteiger charge is 2.60. The number of rotatable bonds is 5. The third kappa shape index (κ3) is 3.16. The minimum absolute atomic E-state index is 0.0161. The van der Waals surface area contributed by atoms with Crippen molar-refractivity contribution >= 4 is 5.91 Å². The first-order chi connectivity index (χ1) is 14.7. The number of fused-ring (bicyclic) bond motifs is 1. The zero-order chi connectivity index (χ0) is 20.7. The third-order valence-corrected chi connectivity index (χ3v) is 6.02. The quantitative estimate of drug-likeness (QED) is 0.642. The van der Waals surface area contributed by atoms with Crippen LogP contribution in [0.25, 0.3) is 11.3 Å². The Kier molecular flexibility index (Phi) is 4.40. The average Bonchev–Trinajstić information content (AvgIpc) is 3.11. The number of carbonyl (C=O) groups is 1. The molecule has 1 saturated carbocycles. The second kappa shape index (κ2) is 7.23. The molecule has 1 aliphatic carbocycles. The van der Waals surface area contributed by atoms with Crippen molar-refractivity contribution in [2.24, 2.45) is 11.8 Å². The molecule has 2 N–H and O–H groups in total. The smallest absolute Gasteiger partial charge is 0.269 e. The maximum atomic E-state index is 12.8. The standard InChI is InChI=1S/C23H21N5O2/c1-14-21-19(12-28(13-24)22(14)21)25-23(29)18-11-17(26-27-18)16-9-5-6-10-20(16)30-15-7-3-2-4-8-15/h2-11,14,19,21-22H,12H2,1H3,(H,25,29)(H,26,27)/t14?,19-,21+,22+/m1/s1. The topological polar surface area (TPSA) is 94.0 Å². The van der Waals surface area contributed by atoms with Crippen LogP contribution < -0.4 is 10.1 Å². The zero-order valence-electron chi connectivity index (χ0n) is 16.4. The molecule has 150 valence electrons. The summed E-state index contributed by atoms with van der Waals surface area (Å²) in [4.78, 5) is 14.5. The summed E-state index contributed by atoms with van der Waals surface area (Å²) in [5.74, 6) is 1.96. The number of aromatic amines is 1. The molecule has 2 fully saturated rings. The molecular weight excluding hydrogens is 378 g/mol. The number of aromatic nitrogens is 2. The van der Waals surface area contributed by atoms with Crippen molar-refractivity contribution in [1.82, 2.24) is 20.4 Å². The Morgan fingerprint density at radius 1 is 1.23 bits per heavy atom. The number of hydrogen-bond acceptors (Lipinski definition) is 5. The van der Waals surface area contributed by atoms with Gasteiger partial charge in [0, 0.05) is 24.1 Å². The number of amides is 1. The number of piperidine rings is 1. The monoisotopic (exact) mass is 399 g/mol. The zero-order valence-corrected chi connectivity index (χ0v) is 16.4. The molecule has 2 aromatic carbocycles. The lowest BCUT2D eigenvalue weighted by molar-refractivity contribution is 0.0926. The SMILES string of the molecule is CC1[C@H]2[C@H](NC(=O)c3cc(-c4ccccc4Oc4ccccc4)n[nH]3)CN(C#N)[C@@H]12. The Balaban J connectivity index is 1.33. The molecule has 1 saturated heterocycles. The van der Waals surface area contributed by atoms with Gasteiger partial charge in [0.05, 0.1) is 11.7 Å². The largest absolute Gasteiger partial charge is 0.457 e. The van der Waals surface area contributed by atoms with Gasteiger partial charge in [-0.2, -0.15) is 10.4 Å². The first kappa shape index (κ1) is 18.3. The van der Waals surface area contributed by atoms with E-state index in [2.05, 4.69) is 28.6 Å². The van der Waals surface area contributed by atoms with Crippen LogP contribution in [-0.2, 0) is 0 Å². The number of ether oxygens (including phenoxy) is 1. The molecule has 7 heteroatoms. The molecule has 1 amide bonds. The normalized spacial score (nSPS) is 24.1. The van der Waals surface area contributed by atoms with Crippen LogP contribution in [-0.4, -0.2) is 39.6 Å². The van der Waals surface area contributed by atoms with Crippen LogP contribution in [0.15, 0.2) is 60.7 Å². The number of nitriles is 1. The molecule has 1 unspecified atom stereocenters. The Morgan fingerprint density at radius 3 is 2.77 bits per heavy atom. The number of nitrogens with zero attached hydrogens (tertiary/aromatic N) is 3. The highest BCUT2D eigenvalue weighted by atomic mass is 16.5. The first-order valence-electron chi connectivity index (χ1n) is 10.0. The van der Waals surface area contributed by atoms with E-state index in [-0.39, 0.29) is 18.0 Å². The lowest BCUT2D eigenvalue weighted by Gasteiger charge is -2.17. The molecule has 30 heavy (non-hydrogen) atoms. The molecule has 3 aromatic rings. The fourth-order valence-electron chi connectivity index (χ4n) is 4.48. The van der Waals surface area contributed by atoms with E-state index < -0.39 is 0 Å². The minimum atomic E-state index is -0.210. The molecule has 0 spiro atoms. The molecule has 1 aromatic heterocycles. The second-order valence-corrected chi connectivity index (χ2v) is 7.84. The number of likely N-dealkylation sites (tertiary alicyclic amines) is 1. The van der Waals surface area contributed by atoms with Crippen molar-refractivity contribution < 1.29 is 9.53 Å². The Labute approximate surface area is 174 Å². The summed E-state index contributed by atoms with van der Waals surface area (Å²) < 4.78 is 6.01. The van der Waals surface area contributed by atoms with E-state index in [4.69, 9.17) is 4.74 Å². The van der Waals surface area contributed by atoms with Crippen LogP contribution >= 0.6 is 0 Å². The average molecular weight is 399 g/mol. The van der Waals surface area contributed by atoms with Gasteiger partial charge >= 0.3 is 0 Å². The Bertz CT molecular complexity index is 1120. The molecule has 0 radical (unpaired) electrons. The molecule has 4 atom stereocenters. The molecule has 5 rings (SSSR count). The van der Waals surface area contributed by atoms with Gasteiger partial charge in [-0.25, -0.2) is 0 Å². The van der Waals surface area contributed by atoms with Gasteiger partial charge in [0.25, 0.3) is 5.91 Å². The van der Waals surface area contributed by atoms with Gasteiger partial charge in [0.15, 0.2) is 6.19 Å². The lowest BCUT2D eigenvalue weighted by atomic mass is 10.1. The Morgan fingerprint density at radius 2 is 2.00 bits per heavy atom. The van der Waals surface area contributed by atoms with Gasteiger partial charge in [-0.3, -0.25) is 9.89 Å². The van der Waals surface area contributed by atoms with E-state index in [0.717, 1.165) is 11.3 Å². The lowest BCUT2D eigenvalue weighted by Crippen LogP contribution is -2.40. The summed E-state index contributed by atoms with van der Waals surface area (Å²) in [5.41, 5.74) is 1.82. The van der Waals surface area contributed by atoms with Crippen molar-refractivity contribution in [3.05, 3.63) is 66.4 Å². The van der Waals surface area contributed by atoms with Gasteiger partial charge in [0.2, 0.25) is 0 Å². The molecule has 7 nitrogen and oxygen atoms in total. The van der Waals surface area contributed by atoms with E-state index in [9.17, 15) is 10.1 Å². The van der Waals surface area contributed by atoms with Gasteiger partial charge < -0.3 is 15.0 Å². The summed E-state index contributed by atoms with van der Waals surface area (Å²) >= 11 is 0. The fraction of sp³-hybridized carbons (Fsp3) is 0.261. The maximum Gasteiger partial charge on any atom is 0.269 e. The fourth-order valence-corrected chi connectivity index (χ4v) is 4.48. The number of benzene rings is 2. The summed E-state index contributed by atoms with van der Waals surface area (Å²) in [5, 5.41) is 19.5. The van der Waals surface area contributed by atoms with Crippen LogP contribution in [0.2, 0.25) is 0 Å².